The van der Waals surface area contributed by atoms with Crippen LogP contribution in [0.4, 0.5) is 0 Å². The van der Waals surface area contributed by atoms with Gasteiger partial charge in [0.25, 0.3) is 11.5 Å². The van der Waals surface area contributed by atoms with Crippen LogP contribution in [0.25, 0.3) is 0 Å². The third-order valence-electron chi connectivity index (χ3n) is 2.52. The van der Waals surface area contributed by atoms with Crippen LogP contribution in [0.1, 0.15) is 48.0 Å². The average Bonchev–Trinajstić information content (AvgIpc) is 2.29. The number of nitrogens with one attached hydrogen (secondary N) is 2. The van der Waals surface area contributed by atoms with Crippen molar-refractivity contribution in [3.63, 3.8) is 0 Å². The van der Waals surface area contributed by atoms with E-state index in [0.717, 1.165) is 5.56 Å². The minimum absolute atomic E-state index is 0.127. The van der Waals surface area contributed by atoms with Crippen molar-refractivity contribution in [2.24, 2.45) is 0 Å². The van der Waals surface area contributed by atoms with Crippen LogP contribution in [0.5, 0.6) is 0 Å². The fourth-order valence-electron chi connectivity index (χ4n) is 1.56. The molecule has 0 aliphatic heterocycles. The van der Waals surface area contributed by atoms with Crippen molar-refractivity contribution in [1.29, 1.82) is 0 Å². The van der Waals surface area contributed by atoms with Gasteiger partial charge in [-0.15, -0.1) is 0 Å². The summed E-state index contributed by atoms with van der Waals surface area (Å²) in [6.45, 7) is 11.7. The standard InChI is InChI=1S/C11H16N2O2.C2H6/c1-5-12-11(15)9-6(2)7(3)10(14)13-8(9)4;1-2/h5H2,1-4H3,(H,12,15)(H,13,14);1-2H3. The Morgan fingerprint density at radius 1 is 1.18 bits per heavy atom. The summed E-state index contributed by atoms with van der Waals surface area (Å²) in [6.07, 6.45) is 0. The number of aromatic nitrogens is 1. The fourth-order valence-corrected chi connectivity index (χ4v) is 1.56. The highest BCUT2D eigenvalue weighted by atomic mass is 16.1. The minimum atomic E-state index is -0.133. The van der Waals surface area contributed by atoms with Crippen LogP contribution in [0.2, 0.25) is 0 Å². The van der Waals surface area contributed by atoms with Gasteiger partial charge < -0.3 is 10.3 Å². The number of hydrogen-bond donors (Lipinski definition) is 2. The number of carbonyl (C=O) groups is 1. The van der Waals surface area contributed by atoms with E-state index < -0.39 is 0 Å². The van der Waals surface area contributed by atoms with Crippen molar-refractivity contribution < 1.29 is 4.79 Å². The van der Waals surface area contributed by atoms with E-state index in [0.29, 0.717) is 23.4 Å². The van der Waals surface area contributed by atoms with E-state index in [1.165, 1.54) is 0 Å². The maximum atomic E-state index is 11.7. The van der Waals surface area contributed by atoms with Crippen LogP contribution in [-0.4, -0.2) is 17.4 Å². The number of pyridine rings is 1. The molecule has 1 aromatic rings. The first-order valence-electron chi connectivity index (χ1n) is 5.97. The number of aryl methyl sites for hydroxylation is 1. The van der Waals surface area contributed by atoms with E-state index >= 15 is 0 Å². The molecule has 2 N–H and O–H groups in total. The number of carbonyl (C=O) groups excluding carboxylic acids is 1. The van der Waals surface area contributed by atoms with Crippen molar-refractivity contribution >= 4 is 5.91 Å². The predicted molar refractivity (Wildman–Crippen MR) is 70.6 cm³/mol. The van der Waals surface area contributed by atoms with Crippen molar-refractivity contribution in [2.45, 2.75) is 41.5 Å². The summed E-state index contributed by atoms with van der Waals surface area (Å²) in [7, 11) is 0. The molecular weight excluding hydrogens is 216 g/mol. The van der Waals surface area contributed by atoms with E-state index in [1.807, 2.05) is 20.8 Å². The Bertz CT molecular complexity index is 447. The second-order valence-corrected chi connectivity index (χ2v) is 3.56. The van der Waals surface area contributed by atoms with Gasteiger partial charge in [-0.3, -0.25) is 9.59 Å². The first-order chi connectivity index (χ1) is 7.99. The van der Waals surface area contributed by atoms with Gasteiger partial charge in [-0.2, -0.15) is 0 Å². The fraction of sp³-hybridized carbons (Fsp3) is 0.538. The number of rotatable bonds is 2. The van der Waals surface area contributed by atoms with E-state index in [4.69, 9.17) is 0 Å². The third-order valence-corrected chi connectivity index (χ3v) is 2.52. The highest BCUT2D eigenvalue weighted by Gasteiger charge is 2.14. The molecule has 0 aromatic carbocycles. The van der Waals surface area contributed by atoms with Crippen molar-refractivity contribution in [1.82, 2.24) is 10.3 Å². The van der Waals surface area contributed by atoms with Gasteiger partial charge in [-0.1, -0.05) is 13.8 Å². The van der Waals surface area contributed by atoms with Crippen molar-refractivity contribution in [3.8, 4) is 0 Å². The van der Waals surface area contributed by atoms with E-state index in [1.54, 1.807) is 20.8 Å². The largest absolute Gasteiger partial charge is 0.352 e. The molecule has 0 atom stereocenters. The summed E-state index contributed by atoms with van der Waals surface area (Å²) in [4.78, 5) is 25.8. The Morgan fingerprint density at radius 2 is 1.71 bits per heavy atom. The number of amides is 1. The molecular formula is C13H22N2O2. The molecule has 0 aliphatic carbocycles. The molecule has 0 radical (unpaired) electrons. The van der Waals surface area contributed by atoms with Crippen LogP contribution < -0.4 is 10.9 Å². The zero-order chi connectivity index (χ0) is 13.6. The molecule has 4 heteroatoms. The average molecular weight is 238 g/mol. The van der Waals surface area contributed by atoms with E-state index in [2.05, 4.69) is 10.3 Å². The summed E-state index contributed by atoms with van der Waals surface area (Å²) in [6, 6.07) is 0. The lowest BCUT2D eigenvalue weighted by atomic mass is 10.0. The lowest BCUT2D eigenvalue weighted by Crippen LogP contribution is -2.27. The molecule has 0 fully saturated rings. The summed E-state index contributed by atoms with van der Waals surface area (Å²) in [5, 5.41) is 2.73. The molecule has 0 unspecified atom stereocenters. The van der Waals surface area contributed by atoms with Gasteiger partial charge in [0.15, 0.2) is 0 Å². The van der Waals surface area contributed by atoms with Gasteiger partial charge >= 0.3 is 0 Å². The molecule has 0 bridgehead atoms. The predicted octanol–water partition coefficient (Wildman–Crippen LogP) is 2.08. The van der Waals surface area contributed by atoms with Crippen LogP contribution in [0.15, 0.2) is 4.79 Å². The molecule has 0 saturated heterocycles. The molecule has 1 aromatic heterocycles. The van der Waals surface area contributed by atoms with E-state index in [-0.39, 0.29) is 11.5 Å². The zero-order valence-corrected chi connectivity index (χ0v) is 11.5. The normalized spacial score (nSPS) is 9.29. The zero-order valence-electron chi connectivity index (χ0n) is 11.5. The van der Waals surface area contributed by atoms with Crippen LogP contribution in [-0.2, 0) is 0 Å². The summed E-state index contributed by atoms with van der Waals surface area (Å²) in [5.74, 6) is -0.133. The third kappa shape index (κ3) is 3.44. The lowest BCUT2D eigenvalue weighted by Gasteiger charge is -2.10. The van der Waals surface area contributed by atoms with Gasteiger partial charge in [-0.25, -0.2) is 0 Å². The Morgan fingerprint density at radius 3 is 2.18 bits per heavy atom. The Kier molecular flexibility index (Phi) is 6.25. The van der Waals surface area contributed by atoms with Crippen molar-refractivity contribution in [3.05, 3.63) is 32.7 Å². The molecule has 0 spiro atoms. The number of aromatic amines is 1. The van der Waals surface area contributed by atoms with Crippen LogP contribution in [0, 0.1) is 20.8 Å². The molecule has 96 valence electrons. The first-order valence-corrected chi connectivity index (χ1v) is 5.97. The maximum Gasteiger partial charge on any atom is 0.253 e. The lowest BCUT2D eigenvalue weighted by molar-refractivity contribution is 0.0954. The molecule has 4 nitrogen and oxygen atoms in total. The summed E-state index contributed by atoms with van der Waals surface area (Å²) < 4.78 is 0. The molecule has 0 aliphatic rings. The second kappa shape index (κ2) is 6.89. The van der Waals surface area contributed by atoms with Crippen LogP contribution in [0.3, 0.4) is 0 Å². The highest BCUT2D eigenvalue weighted by Crippen LogP contribution is 2.11. The highest BCUT2D eigenvalue weighted by molar-refractivity contribution is 5.96. The molecule has 1 heterocycles. The molecule has 1 rings (SSSR count). The topological polar surface area (TPSA) is 62.0 Å². The summed E-state index contributed by atoms with van der Waals surface area (Å²) >= 11 is 0. The van der Waals surface area contributed by atoms with Crippen molar-refractivity contribution in [2.75, 3.05) is 6.54 Å². The van der Waals surface area contributed by atoms with Gasteiger partial charge in [0.1, 0.15) is 0 Å². The van der Waals surface area contributed by atoms with Crippen LogP contribution >= 0.6 is 0 Å². The quantitative estimate of drug-likeness (QED) is 0.828. The molecule has 1 amide bonds. The van der Waals surface area contributed by atoms with Gasteiger partial charge in [-0.05, 0) is 33.3 Å². The summed E-state index contributed by atoms with van der Waals surface area (Å²) in [5.41, 5.74) is 2.42. The second-order valence-electron chi connectivity index (χ2n) is 3.56. The van der Waals surface area contributed by atoms with Gasteiger partial charge in [0.05, 0.1) is 5.56 Å². The van der Waals surface area contributed by atoms with Gasteiger partial charge in [0, 0.05) is 17.8 Å². The minimum Gasteiger partial charge on any atom is -0.352 e. The molecule has 17 heavy (non-hydrogen) atoms. The number of H-pyrrole nitrogens is 1. The Hall–Kier alpha value is -1.58. The first kappa shape index (κ1) is 15.4. The number of hydrogen-bond acceptors (Lipinski definition) is 2. The SMILES string of the molecule is CC.CCNC(=O)c1c(C)[nH]c(=O)c(C)c1C. The maximum absolute atomic E-state index is 11.7. The van der Waals surface area contributed by atoms with E-state index in [9.17, 15) is 9.59 Å². The molecule has 0 saturated carbocycles. The Labute approximate surface area is 102 Å². The Balaban J connectivity index is 0.00000121. The van der Waals surface area contributed by atoms with Gasteiger partial charge in [0.2, 0.25) is 0 Å². The smallest absolute Gasteiger partial charge is 0.253 e. The monoisotopic (exact) mass is 238 g/mol.